The SMILES string of the molecule is COc1ccccc1NC(=O)[C@H](C)Sc1nnnn1-c1ccc(C)cc1. The molecule has 1 heterocycles. The van der Waals surface area contributed by atoms with E-state index in [9.17, 15) is 4.79 Å². The lowest BCUT2D eigenvalue weighted by Gasteiger charge is -2.13. The van der Waals surface area contributed by atoms with Crippen molar-refractivity contribution in [2.24, 2.45) is 0 Å². The minimum absolute atomic E-state index is 0.155. The molecule has 3 rings (SSSR count). The molecule has 0 bridgehead atoms. The Morgan fingerprint density at radius 1 is 1.19 bits per heavy atom. The number of amides is 1. The van der Waals surface area contributed by atoms with Crippen LogP contribution in [0.5, 0.6) is 5.75 Å². The Hall–Kier alpha value is -2.87. The molecule has 0 aliphatic carbocycles. The number of aromatic nitrogens is 4. The average molecular weight is 369 g/mol. The number of carbonyl (C=O) groups is 1. The van der Waals surface area contributed by atoms with Gasteiger partial charge in [0.2, 0.25) is 11.1 Å². The highest BCUT2D eigenvalue weighted by atomic mass is 32.2. The van der Waals surface area contributed by atoms with Crippen LogP contribution >= 0.6 is 11.8 Å². The fourth-order valence-corrected chi connectivity index (χ4v) is 3.10. The maximum absolute atomic E-state index is 12.5. The smallest absolute Gasteiger partial charge is 0.237 e. The van der Waals surface area contributed by atoms with Crippen molar-refractivity contribution in [2.45, 2.75) is 24.3 Å². The van der Waals surface area contributed by atoms with Gasteiger partial charge in [-0.15, -0.1) is 5.10 Å². The number of tetrazole rings is 1. The third-order valence-electron chi connectivity index (χ3n) is 3.74. The molecule has 2 aromatic carbocycles. The highest BCUT2D eigenvalue weighted by molar-refractivity contribution is 8.00. The van der Waals surface area contributed by atoms with Crippen LogP contribution in [0.15, 0.2) is 53.7 Å². The first kappa shape index (κ1) is 17.9. The molecule has 0 spiro atoms. The number of para-hydroxylation sites is 2. The minimum Gasteiger partial charge on any atom is -0.495 e. The van der Waals surface area contributed by atoms with Crippen LogP contribution in [0.2, 0.25) is 0 Å². The van der Waals surface area contributed by atoms with Crippen molar-refractivity contribution < 1.29 is 9.53 Å². The zero-order valence-electron chi connectivity index (χ0n) is 14.7. The van der Waals surface area contributed by atoms with Crippen molar-refractivity contribution >= 4 is 23.4 Å². The maximum atomic E-state index is 12.5. The molecule has 134 valence electrons. The van der Waals surface area contributed by atoms with E-state index in [-0.39, 0.29) is 5.91 Å². The number of aryl methyl sites for hydroxylation is 1. The molecule has 0 unspecified atom stereocenters. The number of thioether (sulfide) groups is 1. The average Bonchev–Trinajstić information content (AvgIpc) is 3.10. The van der Waals surface area contributed by atoms with Crippen molar-refractivity contribution in [3.63, 3.8) is 0 Å². The number of nitrogens with one attached hydrogen (secondary N) is 1. The van der Waals surface area contributed by atoms with E-state index in [0.717, 1.165) is 11.3 Å². The summed E-state index contributed by atoms with van der Waals surface area (Å²) in [5, 5.41) is 14.8. The number of benzene rings is 2. The summed E-state index contributed by atoms with van der Waals surface area (Å²) in [5.74, 6) is 0.459. The summed E-state index contributed by atoms with van der Waals surface area (Å²) in [5.41, 5.74) is 2.63. The number of ether oxygens (including phenoxy) is 1. The standard InChI is InChI=1S/C18H19N5O2S/c1-12-8-10-14(11-9-12)23-18(20-21-22-23)26-13(2)17(24)19-15-6-4-5-7-16(15)25-3/h4-11,13H,1-3H3,(H,19,24)/t13-/m0/s1. The van der Waals surface area contributed by atoms with E-state index in [2.05, 4.69) is 20.8 Å². The van der Waals surface area contributed by atoms with E-state index >= 15 is 0 Å². The monoisotopic (exact) mass is 369 g/mol. The van der Waals surface area contributed by atoms with Gasteiger partial charge in [-0.3, -0.25) is 4.79 Å². The Kier molecular flexibility index (Phi) is 5.52. The zero-order valence-corrected chi connectivity index (χ0v) is 15.5. The van der Waals surface area contributed by atoms with E-state index < -0.39 is 5.25 Å². The first-order chi connectivity index (χ1) is 12.6. The summed E-state index contributed by atoms with van der Waals surface area (Å²) < 4.78 is 6.88. The Morgan fingerprint density at radius 3 is 2.65 bits per heavy atom. The van der Waals surface area contributed by atoms with Gasteiger partial charge in [0.1, 0.15) is 5.75 Å². The van der Waals surface area contributed by atoms with Gasteiger partial charge in [0.25, 0.3) is 0 Å². The Bertz CT molecular complexity index is 895. The molecule has 0 aliphatic rings. The summed E-state index contributed by atoms with van der Waals surface area (Å²) in [7, 11) is 1.57. The second-order valence-electron chi connectivity index (χ2n) is 5.66. The first-order valence-corrected chi connectivity index (χ1v) is 8.92. The Balaban J connectivity index is 1.72. The molecule has 8 heteroatoms. The van der Waals surface area contributed by atoms with Gasteiger partial charge >= 0.3 is 0 Å². The van der Waals surface area contributed by atoms with Gasteiger partial charge in [0, 0.05) is 0 Å². The van der Waals surface area contributed by atoms with E-state index in [0.29, 0.717) is 16.6 Å². The second-order valence-corrected chi connectivity index (χ2v) is 6.97. The normalized spacial score (nSPS) is 11.8. The first-order valence-electron chi connectivity index (χ1n) is 8.04. The van der Waals surface area contributed by atoms with Gasteiger partial charge in [-0.25, -0.2) is 0 Å². The summed E-state index contributed by atoms with van der Waals surface area (Å²) in [6.45, 7) is 3.83. The molecule has 0 aliphatic heterocycles. The lowest BCUT2D eigenvalue weighted by atomic mass is 10.2. The van der Waals surface area contributed by atoms with Crippen molar-refractivity contribution in [3.8, 4) is 11.4 Å². The summed E-state index contributed by atoms with van der Waals surface area (Å²) in [6, 6.07) is 15.1. The highest BCUT2D eigenvalue weighted by Crippen LogP contribution is 2.27. The van der Waals surface area contributed by atoms with Crippen LogP contribution in [0.25, 0.3) is 5.69 Å². The second kappa shape index (κ2) is 8.01. The molecule has 1 aromatic heterocycles. The van der Waals surface area contributed by atoms with Crippen molar-refractivity contribution in [2.75, 3.05) is 12.4 Å². The predicted molar refractivity (Wildman–Crippen MR) is 101 cm³/mol. The zero-order chi connectivity index (χ0) is 18.5. The Labute approximate surface area is 155 Å². The molecule has 1 N–H and O–H groups in total. The van der Waals surface area contributed by atoms with Gasteiger partial charge in [0.05, 0.1) is 23.7 Å². The summed E-state index contributed by atoms with van der Waals surface area (Å²) in [6.07, 6.45) is 0. The number of hydrogen-bond acceptors (Lipinski definition) is 6. The molecular formula is C18H19N5O2S. The largest absolute Gasteiger partial charge is 0.495 e. The summed E-state index contributed by atoms with van der Waals surface area (Å²) >= 11 is 1.29. The number of nitrogens with zero attached hydrogens (tertiary/aromatic N) is 4. The molecule has 3 aromatic rings. The molecule has 0 radical (unpaired) electrons. The molecule has 1 atom stereocenters. The third kappa shape index (κ3) is 4.02. The molecule has 0 saturated heterocycles. The van der Waals surface area contributed by atoms with Crippen LogP contribution in [-0.4, -0.2) is 38.5 Å². The number of carbonyl (C=O) groups excluding carboxylic acids is 1. The number of hydrogen-bond donors (Lipinski definition) is 1. The molecular weight excluding hydrogens is 350 g/mol. The van der Waals surface area contributed by atoms with Crippen molar-refractivity contribution in [1.82, 2.24) is 20.2 Å². The number of anilines is 1. The molecule has 26 heavy (non-hydrogen) atoms. The summed E-state index contributed by atoms with van der Waals surface area (Å²) in [4.78, 5) is 12.5. The predicted octanol–water partition coefficient (Wildman–Crippen LogP) is 3.10. The van der Waals surface area contributed by atoms with Gasteiger partial charge in [-0.05, 0) is 48.5 Å². The van der Waals surface area contributed by atoms with Crippen molar-refractivity contribution in [3.05, 3.63) is 54.1 Å². The van der Waals surface area contributed by atoms with Crippen molar-refractivity contribution in [1.29, 1.82) is 0 Å². The van der Waals surface area contributed by atoms with Gasteiger partial charge < -0.3 is 10.1 Å². The molecule has 0 fully saturated rings. The topological polar surface area (TPSA) is 81.9 Å². The minimum atomic E-state index is -0.393. The van der Waals surface area contributed by atoms with E-state index in [1.807, 2.05) is 50.2 Å². The number of rotatable bonds is 6. The van der Waals surface area contributed by atoms with Crippen LogP contribution in [0, 0.1) is 6.92 Å². The fraction of sp³-hybridized carbons (Fsp3) is 0.222. The lowest BCUT2D eigenvalue weighted by Crippen LogP contribution is -2.23. The quantitative estimate of drug-likeness (QED) is 0.673. The maximum Gasteiger partial charge on any atom is 0.237 e. The third-order valence-corrected chi connectivity index (χ3v) is 4.77. The van der Waals surface area contributed by atoms with Gasteiger partial charge in [-0.1, -0.05) is 41.6 Å². The van der Waals surface area contributed by atoms with Crippen LogP contribution < -0.4 is 10.1 Å². The lowest BCUT2D eigenvalue weighted by molar-refractivity contribution is -0.115. The van der Waals surface area contributed by atoms with Crippen LogP contribution in [0.3, 0.4) is 0 Å². The van der Waals surface area contributed by atoms with E-state index in [1.54, 1.807) is 23.9 Å². The van der Waals surface area contributed by atoms with Crippen LogP contribution in [-0.2, 0) is 4.79 Å². The molecule has 1 amide bonds. The number of methoxy groups -OCH3 is 1. The van der Waals surface area contributed by atoms with E-state index in [4.69, 9.17) is 4.74 Å². The van der Waals surface area contributed by atoms with Crippen LogP contribution in [0.1, 0.15) is 12.5 Å². The fourth-order valence-electron chi connectivity index (χ4n) is 2.29. The Morgan fingerprint density at radius 2 is 1.92 bits per heavy atom. The van der Waals surface area contributed by atoms with Gasteiger partial charge in [-0.2, -0.15) is 4.68 Å². The van der Waals surface area contributed by atoms with Crippen LogP contribution in [0.4, 0.5) is 5.69 Å². The molecule has 7 nitrogen and oxygen atoms in total. The van der Waals surface area contributed by atoms with Gasteiger partial charge in [0.15, 0.2) is 0 Å². The molecule has 0 saturated carbocycles. The highest BCUT2D eigenvalue weighted by Gasteiger charge is 2.20. The van der Waals surface area contributed by atoms with E-state index in [1.165, 1.54) is 11.8 Å².